The summed E-state index contributed by atoms with van der Waals surface area (Å²) in [4.78, 5) is 4.34. The number of aliphatic hydroxyl groups is 1. The number of hydrogen-bond donors (Lipinski definition) is 1. The van der Waals surface area contributed by atoms with Gasteiger partial charge in [0.05, 0.1) is 12.3 Å². The van der Waals surface area contributed by atoms with Gasteiger partial charge in [-0.3, -0.25) is 4.98 Å². The number of rotatable bonds is 3. The van der Waals surface area contributed by atoms with Crippen LogP contribution in [0, 0.1) is 0 Å². The molecule has 1 aromatic carbocycles. The molecule has 0 aliphatic rings. The highest BCUT2D eigenvalue weighted by Gasteiger charge is 1.98. The lowest BCUT2D eigenvalue weighted by molar-refractivity contribution is 0.276. The molecule has 2 heteroatoms. The Morgan fingerprint density at radius 3 is 2.33 bits per heavy atom. The Morgan fingerprint density at radius 2 is 1.60 bits per heavy atom. The molecule has 2 nitrogen and oxygen atoms in total. The summed E-state index contributed by atoms with van der Waals surface area (Å²) in [7, 11) is 0. The van der Waals surface area contributed by atoms with Gasteiger partial charge in [0.25, 0.3) is 0 Å². The zero-order valence-electron chi connectivity index (χ0n) is 8.43. The van der Waals surface area contributed by atoms with Crippen LogP contribution in [0.25, 0.3) is 0 Å². The molecule has 0 saturated carbocycles. The van der Waals surface area contributed by atoms with Crippen molar-refractivity contribution in [2.45, 2.75) is 13.0 Å². The van der Waals surface area contributed by atoms with Crippen LogP contribution >= 0.6 is 0 Å². The summed E-state index contributed by atoms with van der Waals surface area (Å²) in [5, 5.41) is 8.97. The van der Waals surface area contributed by atoms with E-state index < -0.39 is 0 Å². The van der Waals surface area contributed by atoms with Gasteiger partial charge in [0.1, 0.15) is 0 Å². The maximum absolute atomic E-state index is 8.97. The molecule has 0 aliphatic carbocycles. The van der Waals surface area contributed by atoms with Crippen molar-refractivity contribution in [3.05, 3.63) is 65.5 Å². The molecule has 15 heavy (non-hydrogen) atoms. The molecule has 0 spiro atoms. The molecule has 0 fully saturated rings. The zero-order chi connectivity index (χ0) is 10.5. The molecule has 0 saturated heterocycles. The number of nitrogens with zero attached hydrogens (tertiary/aromatic N) is 1. The van der Waals surface area contributed by atoms with Crippen LogP contribution in [0.3, 0.4) is 0 Å². The molecule has 1 N–H and O–H groups in total. The van der Waals surface area contributed by atoms with Crippen LogP contribution in [0.1, 0.15) is 17.0 Å². The average Bonchev–Trinajstić information content (AvgIpc) is 2.31. The van der Waals surface area contributed by atoms with Crippen LogP contribution in [0.4, 0.5) is 0 Å². The highest BCUT2D eigenvalue weighted by Crippen LogP contribution is 2.07. The van der Waals surface area contributed by atoms with Crippen LogP contribution in [-0.4, -0.2) is 10.1 Å². The van der Waals surface area contributed by atoms with Crippen LogP contribution in [0.2, 0.25) is 0 Å². The number of aliphatic hydroxyl groups excluding tert-OH is 1. The Kier molecular flexibility index (Phi) is 3.10. The SMILES string of the molecule is OCc1cccc(Cc2ccccc2)n1. The third-order valence-corrected chi connectivity index (χ3v) is 2.25. The van der Waals surface area contributed by atoms with E-state index in [1.54, 1.807) is 0 Å². The number of benzene rings is 1. The van der Waals surface area contributed by atoms with E-state index in [2.05, 4.69) is 17.1 Å². The van der Waals surface area contributed by atoms with Crippen molar-refractivity contribution in [1.82, 2.24) is 4.98 Å². The molecule has 2 aromatic rings. The second-order valence-corrected chi connectivity index (χ2v) is 3.44. The minimum absolute atomic E-state index is 0.00261. The number of pyridine rings is 1. The summed E-state index contributed by atoms with van der Waals surface area (Å²) in [5.41, 5.74) is 2.95. The van der Waals surface area contributed by atoms with Gasteiger partial charge in [0.15, 0.2) is 0 Å². The van der Waals surface area contributed by atoms with E-state index in [4.69, 9.17) is 5.11 Å². The Bertz CT molecular complexity index is 426. The maximum atomic E-state index is 8.97. The van der Waals surface area contributed by atoms with Crippen LogP contribution < -0.4 is 0 Å². The summed E-state index contributed by atoms with van der Waals surface area (Å²) < 4.78 is 0. The van der Waals surface area contributed by atoms with Gasteiger partial charge in [0.2, 0.25) is 0 Å². The first-order valence-corrected chi connectivity index (χ1v) is 4.98. The molecule has 1 heterocycles. The molecule has 0 radical (unpaired) electrons. The summed E-state index contributed by atoms with van der Waals surface area (Å²) in [6.45, 7) is 0.00261. The monoisotopic (exact) mass is 199 g/mol. The van der Waals surface area contributed by atoms with E-state index in [0.29, 0.717) is 0 Å². The van der Waals surface area contributed by atoms with Crippen molar-refractivity contribution in [2.24, 2.45) is 0 Å². The minimum Gasteiger partial charge on any atom is -0.390 e. The zero-order valence-corrected chi connectivity index (χ0v) is 8.43. The Balaban J connectivity index is 2.17. The van der Waals surface area contributed by atoms with Gasteiger partial charge in [-0.1, -0.05) is 36.4 Å². The average molecular weight is 199 g/mol. The summed E-state index contributed by atoms with van der Waals surface area (Å²) >= 11 is 0. The molecule has 2 rings (SSSR count). The second-order valence-electron chi connectivity index (χ2n) is 3.44. The first-order chi connectivity index (χ1) is 7.38. The van der Waals surface area contributed by atoms with Crippen molar-refractivity contribution in [3.8, 4) is 0 Å². The van der Waals surface area contributed by atoms with E-state index in [-0.39, 0.29) is 6.61 Å². The molecule has 0 unspecified atom stereocenters. The van der Waals surface area contributed by atoms with Crippen molar-refractivity contribution in [3.63, 3.8) is 0 Å². The smallest absolute Gasteiger partial charge is 0.0853 e. The van der Waals surface area contributed by atoms with Gasteiger partial charge in [-0.15, -0.1) is 0 Å². The fraction of sp³-hybridized carbons (Fsp3) is 0.154. The Hall–Kier alpha value is -1.67. The molecule has 0 amide bonds. The third-order valence-electron chi connectivity index (χ3n) is 2.25. The minimum atomic E-state index is 0.00261. The first-order valence-electron chi connectivity index (χ1n) is 4.98. The van der Waals surface area contributed by atoms with E-state index in [1.807, 2.05) is 36.4 Å². The van der Waals surface area contributed by atoms with Crippen molar-refractivity contribution in [1.29, 1.82) is 0 Å². The molecule has 0 atom stereocenters. The van der Waals surface area contributed by atoms with Gasteiger partial charge < -0.3 is 5.11 Å². The third kappa shape index (κ3) is 2.64. The predicted octanol–water partition coefficient (Wildman–Crippen LogP) is 2.16. The van der Waals surface area contributed by atoms with Crippen LogP contribution in [-0.2, 0) is 13.0 Å². The fourth-order valence-electron chi connectivity index (χ4n) is 1.52. The lowest BCUT2D eigenvalue weighted by Gasteiger charge is -2.02. The molecule has 0 aliphatic heterocycles. The van der Waals surface area contributed by atoms with E-state index >= 15 is 0 Å². The highest BCUT2D eigenvalue weighted by atomic mass is 16.3. The maximum Gasteiger partial charge on any atom is 0.0853 e. The quantitative estimate of drug-likeness (QED) is 0.821. The summed E-state index contributed by atoms with van der Waals surface area (Å²) in [6, 6.07) is 15.9. The van der Waals surface area contributed by atoms with Crippen LogP contribution in [0.5, 0.6) is 0 Å². The number of hydrogen-bond acceptors (Lipinski definition) is 2. The Morgan fingerprint density at radius 1 is 0.867 bits per heavy atom. The van der Waals surface area contributed by atoms with Gasteiger partial charge in [0, 0.05) is 12.1 Å². The first kappa shape index (κ1) is 9.87. The van der Waals surface area contributed by atoms with E-state index in [1.165, 1.54) is 5.56 Å². The van der Waals surface area contributed by atoms with Gasteiger partial charge in [-0.25, -0.2) is 0 Å². The lowest BCUT2D eigenvalue weighted by Crippen LogP contribution is -1.96. The highest BCUT2D eigenvalue weighted by molar-refractivity contribution is 5.22. The lowest BCUT2D eigenvalue weighted by atomic mass is 10.1. The van der Waals surface area contributed by atoms with Crippen molar-refractivity contribution >= 4 is 0 Å². The summed E-state index contributed by atoms with van der Waals surface area (Å²) in [6.07, 6.45) is 0.814. The largest absolute Gasteiger partial charge is 0.390 e. The molecule has 0 bridgehead atoms. The predicted molar refractivity (Wildman–Crippen MR) is 59.4 cm³/mol. The van der Waals surface area contributed by atoms with E-state index in [9.17, 15) is 0 Å². The van der Waals surface area contributed by atoms with E-state index in [0.717, 1.165) is 17.8 Å². The number of aromatic nitrogens is 1. The van der Waals surface area contributed by atoms with Crippen molar-refractivity contribution in [2.75, 3.05) is 0 Å². The summed E-state index contributed by atoms with van der Waals surface area (Å²) in [5.74, 6) is 0. The van der Waals surface area contributed by atoms with Gasteiger partial charge >= 0.3 is 0 Å². The standard InChI is InChI=1S/C13H13NO/c15-10-13-8-4-7-12(14-13)9-11-5-2-1-3-6-11/h1-8,15H,9-10H2. The second kappa shape index (κ2) is 4.71. The van der Waals surface area contributed by atoms with Crippen molar-refractivity contribution < 1.29 is 5.11 Å². The molecular formula is C13H13NO. The topological polar surface area (TPSA) is 33.1 Å². The molecular weight excluding hydrogens is 186 g/mol. The van der Waals surface area contributed by atoms with Crippen LogP contribution in [0.15, 0.2) is 48.5 Å². The fourth-order valence-corrected chi connectivity index (χ4v) is 1.52. The molecule has 76 valence electrons. The molecule has 1 aromatic heterocycles. The van der Waals surface area contributed by atoms with Gasteiger partial charge in [-0.05, 0) is 17.7 Å². The normalized spacial score (nSPS) is 10.2. The Labute approximate surface area is 89.2 Å². The van der Waals surface area contributed by atoms with Gasteiger partial charge in [-0.2, -0.15) is 0 Å².